The molecule has 0 aromatic heterocycles. The molecule has 1 aliphatic carbocycles. The van der Waals surface area contributed by atoms with E-state index < -0.39 is 0 Å². The number of halogens is 1. The number of hydrogen-bond donors (Lipinski definition) is 0. The highest BCUT2D eigenvalue weighted by Gasteiger charge is 2.18. The van der Waals surface area contributed by atoms with Crippen LogP contribution in [0.15, 0.2) is 162 Å². The lowest BCUT2D eigenvalue weighted by atomic mass is 9.92. The summed E-state index contributed by atoms with van der Waals surface area (Å²) in [5.74, 6) is 1.72. The molecule has 7 rings (SSSR count). The summed E-state index contributed by atoms with van der Waals surface area (Å²) in [6.07, 6.45) is 14.0. The predicted octanol–water partition coefficient (Wildman–Crippen LogP) is 11.6. The van der Waals surface area contributed by atoms with Crippen molar-refractivity contribution in [2.24, 2.45) is 0 Å². The molecule has 0 fully saturated rings. The Hall–Kier alpha value is -4.85. The Balaban J connectivity index is 1.24. The van der Waals surface area contributed by atoms with Crippen LogP contribution >= 0.6 is 11.6 Å². The van der Waals surface area contributed by atoms with Crippen LogP contribution in [-0.2, 0) is 0 Å². The van der Waals surface area contributed by atoms with Crippen molar-refractivity contribution in [2.45, 2.75) is 19.3 Å². The Kier molecular flexibility index (Phi) is 7.65. The molecule has 0 N–H and O–H groups in total. The van der Waals surface area contributed by atoms with Crippen molar-refractivity contribution in [3.05, 3.63) is 179 Å². The average molecular weight is 575 g/mol. The fourth-order valence-corrected chi connectivity index (χ4v) is 6.22. The fourth-order valence-electron chi connectivity index (χ4n) is 5.91. The van der Waals surface area contributed by atoms with E-state index in [1.165, 1.54) is 38.6 Å². The first-order valence-electron chi connectivity index (χ1n) is 14.8. The van der Waals surface area contributed by atoms with E-state index in [4.69, 9.17) is 16.3 Å². The van der Waals surface area contributed by atoms with Gasteiger partial charge in [0, 0.05) is 16.2 Å². The summed E-state index contributed by atoms with van der Waals surface area (Å²) in [5.41, 5.74) is 9.24. The molecule has 0 spiro atoms. The normalized spacial score (nSPS) is 16.9. The Labute approximate surface area is 258 Å². The van der Waals surface area contributed by atoms with Crippen LogP contribution in [0.4, 0.5) is 0 Å². The van der Waals surface area contributed by atoms with E-state index in [0.717, 1.165) is 52.5 Å². The van der Waals surface area contributed by atoms with Crippen LogP contribution in [0.25, 0.3) is 39.3 Å². The van der Waals surface area contributed by atoms with Gasteiger partial charge in [-0.05, 0) is 87.7 Å². The standard InChI is InChI=1S/C41H31ClO/c42-41-31(22-24-34-27-36(29-12-3-1-4-13-29)26-33-16-7-8-19-37(33)34)17-11-18-32(41)23-25-35-28-40(30-14-5-2-6-15-30)43-39-21-10-9-20-38(35)39/h1-10,12-16,19-28H,11,17-18H2/b24-22+,32-23+,35-25-. The second kappa shape index (κ2) is 12.2. The zero-order chi connectivity index (χ0) is 29.0. The Bertz CT molecular complexity index is 1960. The highest BCUT2D eigenvalue weighted by atomic mass is 35.5. The van der Waals surface area contributed by atoms with E-state index in [1.54, 1.807) is 0 Å². The summed E-state index contributed by atoms with van der Waals surface area (Å²) in [7, 11) is 0. The molecule has 0 amide bonds. The lowest BCUT2D eigenvalue weighted by molar-refractivity contribution is 0.509. The lowest BCUT2D eigenvalue weighted by Crippen LogP contribution is -2.03. The summed E-state index contributed by atoms with van der Waals surface area (Å²) >= 11 is 7.09. The van der Waals surface area contributed by atoms with Gasteiger partial charge < -0.3 is 4.74 Å². The van der Waals surface area contributed by atoms with Crippen LogP contribution in [-0.4, -0.2) is 0 Å². The molecule has 0 radical (unpaired) electrons. The van der Waals surface area contributed by atoms with Gasteiger partial charge in [0.1, 0.15) is 11.5 Å². The number of ether oxygens (including phenoxy) is 1. The Morgan fingerprint density at radius 2 is 1.35 bits per heavy atom. The molecule has 2 heteroatoms. The van der Waals surface area contributed by atoms with E-state index in [9.17, 15) is 0 Å². The highest BCUT2D eigenvalue weighted by Crippen LogP contribution is 2.39. The molecular formula is C41H31ClO. The maximum atomic E-state index is 7.09. The van der Waals surface area contributed by atoms with Gasteiger partial charge in [-0.25, -0.2) is 0 Å². The van der Waals surface area contributed by atoms with E-state index in [-0.39, 0.29) is 0 Å². The number of para-hydroxylation sites is 1. The SMILES string of the molecule is ClC1=C(/C=C/c2cc(-c3ccccc3)cc3ccccc23)CCC/C1=C\C=C1\C=C(c2ccccc2)Oc2ccccc21. The van der Waals surface area contributed by atoms with Gasteiger partial charge in [-0.1, -0.05) is 139 Å². The van der Waals surface area contributed by atoms with Crippen molar-refractivity contribution in [1.82, 2.24) is 0 Å². The monoisotopic (exact) mass is 574 g/mol. The highest BCUT2D eigenvalue weighted by molar-refractivity contribution is 6.32. The summed E-state index contributed by atoms with van der Waals surface area (Å²) in [6, 6.07) is 42.2. The molecule has 0 bridgehead atoms. The van der Waals surface area contributed by atoms with Crippen LogP contribution in [0.3, 0.4) is 0 Å². The number of fused-ring (bicyclic) bond motifs is 2. The summed E-state index contributed by atoms with van der Waals surface area (Å²) in [4.78, 5) is 0. The van der Waals surface area contributed by atoms with Crippen LogP contribution in [0.5, 0.6) is 5.75 Å². The molecule has 1 heterocycles. The molecule has 1 nitrogen and oxygen atoms in total. The summed E-state index contributed by atoms with van der Waals surface area (Å²) in [6.45, 7) is 0. The van der Waals surface area contributed by atoms with Gasteiger partial charge in [-0.15, -0.1) is 0 Å². The van der Waals surface area contributed by atoms with Crippen molar-refractivity contribution in [2.75, 3.05) is 0 Å². The first-order chi connectivity index (χ1) is 21.2. The third-order valence-corrected chi connectivity index (χ3v) is 8.63. The van der Waals surface area contributed by atoms with Gasteiger partial charge in [0.25, 0.3) is 0 Å². The van der Waals surface area contributed by atoms with E-state index in [1.807, 2.05) is 30.3 Å². The van der Waals surface area contributed by atoms with Crippen LogP contribution in [0.1, 0.15) is 36.0 Å². The zero-order valence-corrected chi connectivity index (χ0v) is 24.6. The maximum absolute atomic E-state index is 7.09. The van der Waals surface area contributed by atoms with E-state index in [2.05, 4.69) is 121 Å². The minimum atomic E-state index is 0.850. The van der Waals surface area contributed by atoms with Crippen molar-refractivity contribution >= 4 is 39.8 Å². The quantitative estimate of drug-likeness (QED) is 0.203. The van der Waals surface area contributed by atoms with E-state index in [0.29, 0.717) is 0 Å². The number of hydrogen-bond acceptors (Lipinski definition) is 1. The summed E-state index contributed by atoms with van der Waals surface area (Å²) in [5, 5.41) is 3.33. The van der Waals surface area contributed by atoms with Gasteiger partial charge in [-0.2, -0.15) is 0 Å². The summed E-state index contributed by atoms with van der Waals surface area (Å²) < 4.78 is 6.27. The maximum Gasteiger partial charge on any atom is 0.135 e. The Morgan fingerprint density at radius 1 is 0.628 bits per heavy atom. The second-order valence-corrected chi connectivity index (χ2v) is 11.3. The molecule has 0 saturated carbocycles. The van der Waals surface area contributed by atoms with Crippen molar-refractivity contribution in [1.29, 1.82) is 0 Å². The number of allylic oxidation sites excluding steroid dienone is 8. The van der Waals surface area contributed by atoms with Gasteiger partial charge in [0.2, 0.25) is 0 Å². The molecule has 5 aromatic rings. The molecule has 43 heavy (non-hydrogen) atoms. The number of benzene rings is 5. The first kappa shape index (κ1) is 27.0. The zero-order valence-electron chi connectivity index (χ0n) is 23.8. The topological polar surface area (TPSA) is 9.23 Å². The van der Waals surface area contributed by atoms with Crippen molar-refractivity contribution in [3.8, 4) is 16.9 Å². The fraction of sp³-hybridized carbons (Fsp3) is 0.0732. The van der Waals surface area contributed by atoms with E-state index >= 15 is 0 Å². The number of rotatable bonds is 5. The molecule has 0 atom stereocenters. The smallest absolute Gasteiger partial charge is 0.135 e. The van der Waals surface area contributed by atoms with Crippen LogP contribution < -0.4 is 4.74 Å². The third kappa shape index (κ3) is 5.78. The molecule has 208 valence electrons. The molecule has 2 aliphatic rings. The minimum Gasteiger partial charge on any atom is -0.456 e. The molecule has 0 unspecified atom stereocenters. The molecule has 1 aliphatic heterocycles. The second-order valence-electron chi connectivity index (χ2n) is 11.0. The van der Waals surface area contributed by atoms with Gasteiger partial charge in [0.15, 0.2) is 0 Å². The minimum absolute atomic E-state index is 0.850. The van der Waals surface area contributed by atoms with Crippen molar-refractivity contribution in [3.63, 3.8) is 0 Å². The van der Waals surface area contributed by atoms with Crippen LogP contribution in [0, 0.1) is 0 Å². The van der Waals surface area contributed by atoms with Gasteiger partial charge in [0.05, 0.1) is 0 Å². The molecular weight excluding hydrogens is 544 g/mol. The largest absolute Gasteiger partial charge is 0.456 e. The molecule has 5 aromatic carbocycles. The van der Waals surface area contributed by atoms with Gasteiger partial charge >= 0.3 is 0 Å². The van der Waals surface area contributed by atoms with Crippen LogP contribution in [0.2, 0.25) is 0 Å². The van der Waals surface area contributed by atoms with Gasteiger partial charge in [-0.3, -0.25) is 0 Å². The third-order valence-electron chi connectivity index (χ3n) is 8.15. The van der Waals surface area contributed by atoms with Crippen molar-refractivity contribution < 1.29 is 4.74 Å². The predicted molar refractivity (Wildman–Crippen MR) is 183 cm³/mol. The average Bonchev–Trinajstić information content (AvgIpc) is 3.07. The first-order valence-corrected chi connectivity index (χ1v) is 15.2. The Morgan fingerprint density at radius 3 is 2.19 bits per heavy atom. The lowest BCUT2D eigenvalue weighted by Gasteiger charge is -2.21. The molecule has 0 saturated heterocycles.